The van der Waals surface area contributed by atoms with Crippen molar-refractivity contribution in [2.24, 2.45) is 17.8 Å². The first-order valence-corrected chi connectivity index (χ1v) is 15.1. The molecule has 2 aliphatic rings. The molecule has 8 heteroatoms. The van der Waals surface area contributed by atoms with Gasteiger partial charge in [-0.2, -0.15) is 0 Å². The third kappa shape index (κ3) is 5.97. The average molecular weight is 487 g/mol. The predicted molar refractivity (Wildman–Crippen MR) is 130 cm³/mol. The molecule has 0 aromatic rings. The molecule has 0 aliphatic carbocycles. The summed E-state index contributed by atoms with van der Waals surface area (Å²) >= 11 is 0. The van der Waals surface area contributed by atoms with Crippen molar-refractivity contribution in [2.45, 2.75) is 109 Å². The fourth-order valence-corrected chi connectivity index (χ4v) is 5.99. The molecule has 192 valence electrons. The SMILES string of the molecule is C/C=C\[C@H](C)[C@H]1O[C@@]1(C)[C@@H](O[Si](C)(C)C(C)(C)C)[C@@H](CO)C(=O)[C@H]1COC(O)(CC)C[C@H]1O. The van der Waals surface area contributed by atoms with Gasteiger partial charge in [0.15, 0.2) is 14.1 Å². The van der Waals surface area contributed by atoms with Crippen LogP contribution in [-0.2, 0) is 18.7 Å². The predicted octanol–water partition coefficient (Wildman–Crippen LogP) is 3.42. The number of allylic oxidation sites excluding steroid dienone is 1. The Hall–Kier alpha value is -0.613. The van der Waals surface area contributed by atoms with Crippen molar-refractivity contribution in [1.29, 1.82) is 0 Å². The Morgan fingerprint density at radius 1 is 1.33 bits per heavy atom. The molecule has 2 aliphatic heterocycles. The number of carbonyl (C=O) groups excluding carboxylic acids is 1. The molecule has 7 nitrogen and oxygen atoms in total. The molecule has 0 bridgehead atoms. The summed E-state index contributed by atoms with van der Waals surface area (Å²) in [7, 11) is -2.34. The fourth-order valence-electron chi connectivity index (χ4n) is 4.61. The molecule has 0 amide bonds. The Morgan fingerprint density at radius 2 is 1.94 bits per heavy atom. The van der Waals surface area contributed by atoms with Gasteiger partial charge in [-0.1, -0.05) is 46.8 Å². The molecule has 1 unspecified atom stereocenters. The van der Waals surface area contributed by atoms with Gasteiger partial charge in [0.1, 0.15) is 11.4 Å². The number of aliphatic hydroxyl groups excluding tert-OH is 2. The van der Waals surface area contributed by atoms with Gasteiger partial charge in [0.25, 0.3) is 0 Å². The first kappa shape index (κ1) is 28.6. The van der Waals surface area contributed by atoms with Crippen molar-refractivity contribution in [1.82, 2.24) is 0 Å². The van der Waals surface area contributed by atoms with E-state index in [1.165, 1.54) is 0 Å². The molecule has 2 fully saturated rings. The number of ether oxygens (including phenoxy) is 2. The monoisotopic (exact) mass is 486 g/mol. The first-order chi connectivity index (χ1) is 15.1. The smallest absolute Gasteiger partial charge is 0.192 e. The Morgan fingerprint density at radius 3 is 2.39 bits per heavy atom. The second kappa shape index (κ2) is 10.2. The van der Waals surface area contributed by atoms with E-state index in [9.17, 15) is 20.1 Å². The van der Waals surface area contributed by atoms with Gasteiger partial charge < -0.3 is 29.2 Å². The standard InChI is InChI=1S/C25H46O7Si/c1-10-12-16(3)21-24(7,31-21)22(32-33(8,9)23(4,5)6)17(14-26)20(28)18-15-30-25(29,11-2)13-19(18)27/h10,12,16-19,21-22,26-27,29H,11,13-15H2,1-9H3/b12-10-/t16-,17-,18-,19+,21+,22-,24+,25?/m0/s1. The molecule has 8 atom stereocenters. The molecule has 3 N–H and O–H groups in total. The summed E-state index contributed by atoms with van der Waals surface area (Å²) in [5.41, 5.74) is -0.734. The number of ketones is 1. The van der Waals surface area contributed by atoms with Crippen LogP contribution in [0.5, 0.6) is 0 Å². The van der Waals surface area contributed by atoms with Crippen molar-refractivity contribution in [3.05, 3.63) is 12.2 Å². The molecule has 2 rings (SSSR count). The highest BCUT2D eigenvalue weighted by molar-refractivity contribution is 6.74. The van der Waals surface area contributed by atoms with E-state index in [1.807, 2.05) is 19.9 Å². The highest BCUT2D eigenvalue weighted by atomic mass is 28.4. The summed E-state index contributed by atoms with van der Waals surface area (Å²) in [6.45, 7) is 17.9. The lowest BCUT2D eigenvalue weighted by atomic mass is 9.78. The summed E-state index contributed by atoms with van der Waals surface area (Å²) in [5, 5.41) is 31.4. The van der Waals surface area contributed by atoms with Crippen LogP contribution in [0.3, 0.4) is 0 Å². The van der Waals surface area contributed by atoms with E-state index in [0.717, 1.165) is 0 Å². The highest BCUT2D eigenvalue weighted by Gasteiger charge is 2.64. The number of Topliss-reactive ketones (excluding diaryl/α,β-unsaturated/α-hetero) is 1. The van der Waals surface area contributed by atoms with Crippen molar-refractivity contribution in [3.63, 3.8) is 0 Å². The molecular weight excluding hydrogens is 440 g/mol. The van der Waals surface area contributed by atoms with Gasteiger partial charge in [-0.25, -0.2) is 0 Å². The summed E-state index contributed by atoms with van der Waals surface area (Å²) in [4.78, 5) is 13.7. The van der Waals surface area contributed by atoms with Crippen LogP contribution >= 0.6 is 0 Å². The third-order valence-electron chi connectivity index (χ3n) is 8.02. The minimum Gasteiger partial charge on any atom is -0.410 e. The summed E-state index contributed by atoms with van der Waals surface area (Å²) in [6, 6.07) is 0. The maximum atomic E-state index is 13.7. The Kier molecular flexibility index (Phi) is 8.82. The second-order valence-electron chi connectivity index (χ2n) is 11.6. The normalized spacial score (nSPS) is 35.9. The zero-order valence-electron chi connectivity index (χ0n) is 21.9. The molecular formula is C25H46O7Si. The second-order valence-corrected chi connectivity index (χ2v) is 16.3. The van der Waals surface area contributed by atoms with Gasteiger partial charge in [-0.05, 0) is 38.4 Å². The van der Waals surface area contributed by atoms with Crippen LogP contribution in [0.2, 0.25) is 18.1 Å². The van der Waals surface area contributed by atoms with Gasteiger partial charge in [0.05, 0.1) is 43.4 Å². The van der Waals surface area contributed by atoms with Crippen LogP contribution in [0.1, 0.15) is 61.3 Å². The fraction of sp³-hybridized carbons (Fsp3) is 0.880. The van der Waals surface area contributed by atoms with Gasteiger partial charge in [0.2, 0.25) is 0 Å². The van der Waals surface area contributed by atoms with E-state index in [2.05, 4.69) is 46.9 Å². The van der Waals surface area contributed by atoms with E-state index in [0.29, 0.717) is 6.42 Å². The average Bonchev–Trinajstić information content (AvgIpc) is 3.40. The summed E-state index contributed by atoms with van der Waals surface area (Å²) in [6.07, 6.45) is 2.48. The molecule has 0 radical (unpaired) electrons. The van der Waals surface area contributed by atoms with Crippen molar-refractivity contribution in [2.75, 3.05) is 13.2 Å². The maximum Gasteiger partial charge on any atom is 0.192 e. The molecule has 33 heavy (non-hydrogen) atoms. The Balaban J connectivity index is 2.37. The number of rotatable bonds is 10. The van der Waals surface area contributed by atoms with Crippen LogP contribution in [0.4, 0.5) is 0 Å². The lowest BCUT2D eigenvalue weighted by Gasteiger charge is -2.44. The Bertz CT molecular complexity index is 718. The first-order valence-electron chi connectivity index (χ1n) is 12.2. The van der Waals surface area contributed by atoms with Gasteiger partial charge in [-0.3, -0.25) is 4.79 Å². The molecule has 0 aromatic heterocycles. The van der Waals surface area contributed by atoms with E-state index in [-0.39, 0.29) is 35.9 Å². The van der Waals surface area contributed by atoms with Gasteiger partial charge in [-0.15, -0.1) is 0 Å². The topological polar surface area (TPSA) is 109 Å². The lowest BCUT2D eigenvalue weighted by Crippen LogP contribution is -2.56. The van der Waals surface area contributed by atoms with E-state index >= 15 is 0 Å². The number of hydrogen-bond acceptors (Lipinski definition) is 7. The summed E-state index contributed by atoms with van der Waals surface area (Å²) < 4.78 is 18.5. The lowest BCUT2D eigenvalue weighted by molar-refractivity contribution is -0.258. The molecule has 2 saturated heterocycles. The molecule has 0 spiro atoms. The van der Waals surface area contributed by atoms with Crippen LogP contribution in [0.15, 0.2) is 12.2 Å². The zero-order chi connectivity index (χ0) is 25.4. The largest absolute Gasteiger partial charge is 0.410 e. The molecule has 2 heterocycles. The maximum absolute atomic E-state index is 13.7. The van der Waals surface area contributed by atoms with E-state index in [4.69, 9.17) is 13.9 Å². The number of carbonyl (C=O) groups is 1. The van der Waals surface area contributed by atoms with E-state index < -0.39 is 50.4 Å². The van der Waals surface area contributed by atoms with Gasteiger partial charge >= 0.3 is 0 Å². The number of aliphatic hydroxyl groups is 3. The molecule has 0 saturated carbocycles. The molecule has 0 aromatic carbocycles. The number of epoxide rings is 1. The third-order valence-corrected chi connectivity index (χ3v) is 12.5. The van der Waals surface area contributed by atoms with Crippen molar-refractivity contribution < 1.29 is 34.0 Å². The van der Waals surface area contributed by atoms with Crippen LogP contribution < -0.4 is 0 Å². The van der Waals surface area contributed by atoms with Crippen LogP contribution in [-0.4, -0.2) is 72.3 Å². The van der Waals surface area contributed by atoms with Crippen molar-refractivity contribution in [3.8, 4) is 0 Å². The van der Waals surface area contributed by atoms with Gasteiger partial charge in [0, 0.05) is 12.3 Å². The Labute approximate surface area is 200 Å². The van der Waals surface area contributed by atoms with Crippen LogP contribution in [0, 0.1) is 17.8 Å². The van der Waals surface area contributed by atoms with E-state index in [1.54, 1.807) is 6.92 Å². The zero-order valence-corrected chi connectivity index (χ0v) is 22.9. The summed E-state index contributed by atoms with van der Waals surface area (Å²) in [5.74, 6) is -3.32. The van der Waals surface area contributed by atoms with Crippen LogP contribution in [0.25, 0.3) is 0 Å². The van der Waals surface area contributed by atoms with Crippen molar-refractivity contribution >= 4 is 14.1 Å². The highest BCUT2D eigenvalue weighted by Crippen LogP contribution is 2.51. The minimum atomic E-state index is -2.34. The minimum absolute atomic E-state index is 0.0411. The quantitative estimate of drug-likeness (QED) is 0.247. The number of hydrogen-bond donors (Lipinski definition) is 3.